The normalized spacial score (nSPS) is 12.9. The minimum atomic E-state index is 0.330. The van der Waals surface area contributed by atoms with Crippen LogP contribution >= 0.6 is 0 Å². The second-order valence-corrected chi connectivity index (χ2v) is 4.58. The van der Waals surface area contributed by atoms with E-state index >= 15 is 0 Å². The quantitative estimate of drug-likeness (QED) is 0.895. The van der Waals surface area contributed by atoms with E-state index in [2.05, 4.69) is 41.2 Å². The number of hydrogen-bond acceptors (Lipinski definition) is 3. The Labute approximate surface area is 113 Å². The van der Waals surface area contributed by atoms with E-state index in [4.69, 9.17) is 9.47 Å². The summed E-state index contributed by atoms with van der Waals surface area (Å²) in [6.45, 7) is 5.19. The van der Waals surface area contributed by atoms with Gasteiger partial charge >= 0.3 is 0 Å². The van der Waals surface area contributed by atoms with Gasteiger partial charge in [-0.05, 0) is 36.8 Å². The van der Waals surface area contributed by atoms with E-state index in [0.717, 1.165) is 31.1 Å². The first-order chi connectivity index (χ1) is 9.36. The van der Waals surface area contributed by atoms with Crippen LogP contribution in [0.1, 0.15) is 18.2 Å². The summed E-state index contributed by atoms with van der Waals surface area (Å²) in [7, 11) is 0. The van der Waals surface area contributed by atoms with E-state index in [0.29, 0.717) is 6.79 Å². The number of aryl methyl sites for hydroxylation is 1. The van der Waals surface area contributed by atoms with Gasteiger partial charge in [0.1, 0.15) is 0 Å². The molecule has 1 N–H and O–H groups in total. The molecule has 0 amide bonds. The fraction of sp³-hybridized carbons (Fsp3) is 0.333. The molecule has 2 aromatic rings. The molecule has 1 aromatic heterocycles. The maximum atomic E-state index is 5.37. The molecule has 0 fully saturated rings. The van der Waals surface area contributed by atoms with E-state index in [1.54, 1.807) is 0 Å². The van der Waals surface area contributed by atoms with Gasteiger partial charge in [0.2, 0.25) is 6.79 Å². The average Bonchev–Trinajstić information content (AvgIpc) is 3.06. The number of nitrogens with zero attached hydrogens (tertiary/aromatic N) is 1. The summed E-state index contributed by atoms with van der Waals surface area (Å²) < 4.78 is 12.9. The van der Waals surface area contributed by atoms with Gasteiger partial charge in [-0.15, -0.1) is 0 Å². The van der Waals surface area contributed by atoms with Crippen LogP contribution in [0.4, 0.5) is 0 Å². The number of rotatable bonds is 5. The molecular formula is C15H18N2O2. The number of benzene rings is 1. The van der Waals surface area contributed by atoms with Crippen LogP contribution in [0, 0.1) is 0 Å². The third kappa shape index (κ3) is 2.58. The maximum absolute atomic E-state index is 5.37. The van der Waals surface area contributed by atoms with Gasteiger partial charge in [0.05, 0.1) is 0 Å². The molecule has 1 aromatic carbocycles. The summed E-state index contributed by atoms with van der Waals surface area (Å²) in [6, 6.07) is 10.3. The Morgan fingerprint density at radius 3 is 2.95 bits per heavy atom. The fourth-order valence-corrected chi connectivity index (χ4v) is 2.30. The van der Waals surface area contributed by atoms with Crippen molar-refractivity contribution in [2.24, 2.45) is 0 Å². The van der Waals surface area contributed by atoms with Crippen molar-refractivity contribution in [2.75, 3.05) is 6.79 Å². The highest BCUT2D eigenvalue weighted by atomic mass is 16.7. The molecular weight excluding hydrogens is 240 g/mol. The molecule has 0 atom stereocenters. The topological polar surface area (TPSA) is 35.4 Å². The van der Waals surface area contributed by atoms with Crippen LogP contribution in [0.25, 0.3) is 0 Å². The Balaban J connectivity index is 1.58. The summed E-state index contributed by atoms with van der Waals surface area (Å²) >= 11 is 0. The van der Waals surface area contributed by atoms with Crippen molar-refractivity contribution >= 4 is 0 Å². The van der Waals surface area contributed by atoms with Gasteiger partial charge < -0.3 is 19.4 Å². The lowest BCUT2D eigenvalue weighted by Gasteiger charge is -2.08. The molecule has 1 aliphatic rings. The van der Waals surface area contributed by atoms with Crippen molar-refractivity contribution in [3.63, 3.8) is 0 Å². The van der Waals surface area contributed by atoms with E-state index < -0.39 is 0 Å². The highest BCUT2D eigenvalue weighted by Crippen LogP contribution is 2.32. The van der Waals surface area contributed by atoms with Crippen molar-refractivity contribution < 1.29 is 9.47 Å². The Morgan fingerprint density at radius 1 is 1.16 bits per heavy atom. The van der Waals surface area contributed by atoms with Gasteiger partial charge in [0.15, 0.2) is 11.5 Å². The van der Waals surface area contributed by atoms with Gasteiger partial charge in [0, 0.05) is 31.5 Å². The number of ether oxygens (including phenoxy) is 2. The molecule has 0 unspecified atom stereocenters. The summed E-state index contributed by atoms with van der Waals surface area (Å²) in [6.07, 6.45) is 2.11. The third-order valence-electron chi connectivity index (χ3n) is 3.34. The van der Waals surface area contributed by atoms with Crippen LogP contribution in [0.3, 0.4) is 0 Å². The van der Waals surface area contributed by atoms with Crippen LogP contribution < -0.4 is 14.8 Å². The van der Waals surface area contributed by atoms with Crippen LogP contribution in [0.5, 0.6) is 11.5 Å². The first kappa shape index (κ1) is 12.1. The molecule has 0 saturated heterocycles. The Morgan fingerprint density at radius 2 is 2.05 bits per heavy atom. The first-order valence-corrected chi connectivity index (χ1v) is 6.60. The zero-order valence-electron chi connectivity index (χ0n) is 11.1. The second-order valence-electron chi connectivity index (χ2n) is 4.58. The minimum absolute atomic E-state index is 0.330. The molecule has 3 rings (SSSR count). The number of aromatic nitrogens is 1. The molecule has 4 nitrogen and oxygen atoms in total. The van der Waals surface area contributed by atoms with Gasteiger partial charge in [-0.3, -0.25) is 0 Å². The number of nitrogens with one attached hydrogen (secondary N) is 1. The van der Waals surface area contributed by atoms with Crippen LogP contribution in [-0.4, -0.2) is 11.4 Å². The van der Waals surface area contributed by atoms with Gasteiger partial charge in [-0.25, -0.2) is 0 Å². The summed E-state index contributed by atoms with van der Waals surface area (Å²) in [5, 5.41) is 3.45. The lowest BCUT2D eigenvalue weighted by Crippen LogP contribution is -2.15. The Hall–Kier alpha value is -1.94. The molecule has 2 heterocycles. The third-order valence-corrected chi connectivity index (χ3v) is 3.34. The molecule has 4 heteroatoms. The summed E-state index contributed by atoms with van der Waals surface area (Å²) in [5.41, 5.74) is 2.52. The Kier molecular flexibility index (Phi) is 3.42. The first-order valence-electron chi connectivity index (χ1n) is 6.60. The van der Waals surface area contributed by atoms with Crippen molar-refractivity contribution in [1.82, 2.24) is 9.88 Å². The second kappa shape index (κ2) is 5.36. The molecule has 0 saturated carbocycles. The largest absolute Gasteiger partial charge is 0.454 e. The van der Waals surface area contributed by atoms with Crippen molar-refractivity contribution in [3.8, 4) is 11.5 Å². The standard InChI is InChI=1S/C15H18N2O2/c1-2-17-7-3-4-13(17)10-16-9-12-5-6-14-15(8-12)19-11-18-14/h3-8,16H,2,9-11H2,1H3. The van der Waals surface area contributed by atoms with Gasteiger partial charge in [0.25, 0.3) is 0 Å². The lowest BCUT2D eigenvalue weighted by atomic mass is 10.2. The molecule has 1 aliphatic heterocycles. The lowest BCUT2D eigenvalue weighted by molar-refractivity contribution is 0.174. The Bertz CT molecular complexity index is 563. The van der Waals surface area contributed by atoms with Gasteiger partial charge in [-0.1, -0.05) is 6.07 Å². The van der Waals surface area contributed by atoms with E-state index in [1.807, 2.05) is 12.1 Å². The van der Waals surface area contributed by atoms with Gasteiger partial charge in [-0.2, -0.15) is 0 Å². The van der Waals surface area contributed by atoms with E-state index in [9.17, 15) is 0 Å². The van der Waals surface area contributed by atoms with Crippen molar-refractivity contribution in [2.45, 2.75) is 26.6 Å². The monoisotopic (exact) mass is 258 g/mol. The average molecular weight is 258 g/mol. The minimum Gasteiger partial charge on any atom is -0.454 e. The fourth-order valence-electron chi connectivity index (χ4n) is 2.30. The number of fused-ring (bicyclic) bond motifs is 1. The predicted molar refractivity (Wildman–Crippen MR) is 73.2 cm³/mol. The van der Waals surface area contributed by atoms with Crippen LogP contribution in [0.15, 0.2) is 36.5 Å². The van der Waals surface area contributed by atoms with Crippen molar-refractivity contribution in [1.29, 1.82) is 0 Å². The number of hydrogen-bond donors (Lipinski definition) is 1. The highest BCUT2D eigenvalue weighted by Gasteiger charge is 2.12. The van der Waals surface area contributed by atoms with E-state index in [-0.39, 0.29) is 0 Å². The predicted octanol–water partition coefficient (Wildman–Crippen LogP) is 2.53. The molecule has 19 heavy (non-hydrogen) atoms. The molecule has 0 aliphatic carbocycles. The SMILES string of the molecule is CCn1cccc1CNCc1ccc2c(c1)OCO2. The molecule has 0 spiro atoms. The van der Waals surface area contributed by atoms with Crippen molar-refractivity contribution in [3.05, 3.63) is 47.8 Å². The van der Waals surface area contributed by atoms with Crippen LogP contribution in [0.2, 0.25) is 0 Å². The highest BCUT2D eigenvalue weighted by molar-refractivity contribution is 5.44. The maximum Gasteiger partial charge on any atom is 0.231 e. The molecule has 0 bridgehead atoms. The molecule has 100 valence electrons. The molecule has 0 radical (unpaired) electrons. The van der Waals surface area contributed by atoms with Crippen LogP contribution in [-0.2, 0) is 19.6 Å². The summed E-state index contributed by atoms with van der Waals surface area (Å²) in [4.78, 5) is 0. The zero-order chi connectivity index (χ0) is 13.1. The summed E-state index contributed by atoms with van der Waals surface area (Å²) in [5.74, 6) is 1.68. The smallest absolute Gasteiger partial charge is 0.231 e. The zero-order valence-corrected chi connectivity index (χ0v) is 11.1. The van der Waals surface area contributed by atoms with E-state index in [1.165, 1.54) is 11.3 Å².